The Labute approximate surface area is 317 Å². The molecule has 0 unspecified atom stereocenters. The molecule has 2 N–H and O–H groups in total. The first kappa shape index (κ1) is 49.5. The number of carbonyl (C=O) groups is 2. The number of hydrogen-bond acceptors (Lipinski definition) is 6. The summed E-state index contributed by atoms with van der Waals surface area (Å²) in [6.45, 7) is 3.57. The van der Waals surface area contributed by atoms with Crippen molar-refractivity contribution < 1.29 is 37.9 Å². The van der Waals surface area contributed by atoms with Gasteiger partial charge < -0.3 is 19.3 Å². The second kappa shape index (κ2) is 38.2. The van der Waals surface area contributed by atoms with E-state index in [0.29, 0.717) is 19.3 Å². The second-order valence-electron chi connectivity index (χ2n) is 13.2. The minimum atomic E-state index is -4.77. The molecule has 0 aromatic carbocycles. The minimum absolute atomic E-state index is 0.131. The van der Waals surface area contributed by atoms with E-state index in [1.165, 1.54) is 70.6 Å². The molecule has 0 bridgehead atoms. The van der Waals surface area contributed by atoms with E-state index in [1.807, 2.05) is 6.08 Å². The second-order valence-corrected chi connectivity index (χ2v) is 14.5. The van der Waals surface area contributed by atoms with Gasteiger partial charge in [-0.1, -0.05) is 145 Å². The van der Waals surface area contributed by atoms with Crippen LogP contribution in [-0.4, -0.2) is 41.0 Å². The van der Waals surface area contributed by atoms with Gasteiger partial charge in [-0.3, -0.25) is 14.1 Å². The van der Waals surface area contributed by atoms with Crippen LogP contribution in [0, 0.1) is 0 Å². The molecular weight excluding hydrogens is 675 g/mol. The molecule has 0 aromatic heterocycles. The Morgan fingerprint density at radius 1 is 0.500 bits per heavy atom. The zero-order chi connectivity index (χ0) is 38.2. The van der Waals surface area contributed by atoms with Crippen molar-refractivity contribution in [1.29, 1.82) is 0 Å². The Bertz CT molecular complexity index is 1070. The zero-order valence-electron chi connectivity index (χ0n) is 32.7. The quantitative estimate of drug-likeness (QED) is 0.0281. The summed E-state index contributed by atoms with van der Waals surface area (Å²) in [6, 6.07) is 0. The third kappa shape index (κ3) is 40.3. The van der Waals surface area contributed by atoms with E-state index in [2.05, 4.69) is 85.2 Å². The number of rotatable bonds is 36. The van der Waals surface area contributed by atoms with Crippen LogP contribution in [0.3, 0.4) is 0 Å². The molecule has 0 aliphatic carbocycles. The smallest absolute Gasteiger partial charge is 0.462 e. The largest absolute Gasteiger partial charge is 0.469 e. The Morgan fingerprint density at radius 2 is 0.885 bits per heavy atom. The lowest BCUT2D eigenvalue weighted by atomic mass is 10.1. The molecule has 0 heterocycles. The fraction of sp³-hybridized carbons (Fsp3) is 0.674. The van der Waals surface area contributed by atoms with Gasteiger partial charge in [0.05, 0.1) is 6.61 Å². The SMILES string of the molecule is CCCCC/C=C/C/C=C/C/C=C/C/C=C/CCCC(=O)O[C@H](COC(=O)CCCCCCCCC/C=C/C/C=C/CCCCC)COP(=O)(O)O. The first-order valence-electron chi connectivity index (χ1n) is 20.2. The van der Waals surface area contributed by atoms with E-state index in [1.54, 1.807) is 0 Å². The fourth-order valence-corrected chi connectivity index (χ4v) is 5.52. The topological polar surface area (TPSA) is 119 Å². The highest BCUT2D eigenvalue weighted by Crippen LogP contribution is 2.36. The van der Waals surface area contributed by atoms with Crippen molar-refractivity contribution in [2.45, 2.75) is 174 Å². The lowest BCUT2D eigenvalue weighted by molar-refractivity contribution is -0.161. The lowest BCUT2D eigenvalue weighted by Crippen LogP contribution is -2.29. The molecule has 0 spiro atoms. The van der Waals surface area contributed by atoms with Crippen molar-refractivity contribution >= 4 is 19.8 Å². The van der Waals surface area contributed by atoms with E-state index in [9.17, 15) is 14.2 Å². The molecule has 0 aromatic rings. The van der Waals surface area contributed by atoms with Crippen LogP contribution in [0.5, 0.6) is 0 Å². The van der Waals surface area contributed by atoms with Crippen LogP contribution in [-0.2, 0) is 28.2 Å². The van der Waals surface area contributed by atoms with Crippen LogP contribution in [0.1, 0.15) is 168 Å². The van der Waals surface area contributed by atoms with Gasteiger partial charge in [-0.25, -0.2) is 4.57 Å². The maximum absolute atomic E-state index is 12.4. The van der Waals surface area contributed by atoms with Crippen molar-refractivity contribution in [2.24, 2.45) is 0 Å². The molecule has 0 saturated heterocycles. The van der Waals surface area contributed by atoms with E-state index in [0.717, 1.165) is 51.4 Å². The van der Waals surface area contributed by atoms with Gasteiger partial charge in [0.2, 0.25) is 0 Å². The average Bonchev–Trinajstić information content (AvgIpc) is 3.11. The molecule has 0 aliphatic rings. The van der Waals surface area contributed by atoms with Gasteiger partial charge in [0.25, 0.3) is 0 Å². The van der Waals surface area contributed by atoms with Gasteiger partial charge >= 0.3 is 19.8 Å². The molecule has 298 valence electrons. The maximum atomic E-state index is 12.4. The van der Waals surface area contributed by atoms with E-state index >= 15 is 0 Å². The van der Waals surface area contributed by atoms with Crippen molar-refractivity contribution in [3.05, 3.63) is 72.9 Å². The molecular formula is C43H73O8P. The summed E-state index contributed by atoms with van der Waals surface area (Å²) in [6.07, 6.45) is 49.1. The molecule has 52 heavy (non-hydrogen) atoms. The van der Waals surface area contributed by atoms with Gasteiger partial charge in [0, 0.05) is 12.8 Å². The maximum Gasteiger partial charge on any atom is 0.469 e. The van der Waals surface area contributed by atoms with Crippen LogP contribution in [0.4, 0.5) is 0 Å². The van der Waals surface area contributed by atoms with Crippen molar-refractivity contribution in [3.8, 4) is 0 Å². The summed E-state index contributed by atoms with van der Waals surface area (Å²) in [5.41, 5.74) is 0. The summed E-state index contributed by atoms with van der Waals surface area (Å²) in [5.74, 6) is -0.965. The highest BCUT2D eigenvalue weighted by atomic mass is 31.2. The number of esters is 2. The van der Waals surface area contributed by atoms with Crippen LogP contribution in [0.25, 0.3) is 0 Å². The van der Waals surface area contributed by atoms with Gasteiger partial charge in [-0.15, -0.1) is 0 Å². The number of phosphoric acid groups is 1. The van der Waals surface area contributed by atoms with Crippen LogP contribution >= 0.6 is 7.82 Å². The Morgan fingerprint density at radius 3 is 1.35 bits per heavy atom. The molecule has 0 saturated carbocycles. The standard InChI is InChI=1S/C43H73O8P/c1-3-5-7-9-11-13-15-17-19-21-23-25-27-29-31-33-35-37-42(44)49-39-41(40-50-52(46,47)48)51-43(45)38-36-34-32-30-28-26-24-22-20-18-16-14-12-10-8-6-4-2/h11-14,17-20,24,26,30,32,41H,3-10,15-16,21-23,25,27-29,31,33-40H2,1-2H3,(H2,46,47,48)/b13-11+,14-12+,19-17+,20-18+,26-24+,32-30+/t41-/m1/s1. The number of hydrogen-bond donors (Lipinski definition) is 2. The zero-order valence-corrected chi connectivity index (χ0v) is 33.6. The van der Waals surface area contributed by atoms with Gasteiger partial charge in [0.15, 0.2) is 6.10 Å². The summed E-state index contributed by atoms with van der Waals surface area (Å²) < 4.78 is 26.3. The Kier molecular flexibility index (Phi) is 36.4. The third-order valence-corrected chi connectivity index (χ3v) is 8.68. The number of phosphoric ester groups is 1. The minimum Gasteiger partial charge on any atom is -0.462 e. The number of unbranched alkanes of at least 4 members (excludes halogenated alkanes) is 14. The molecule has 9 heteroatoms. The third-order valence-electron chi connectivity index (χ3n) is 8.20. The first-order chi connectivity index (χ1) is 25.3. The normalized spacial score (nSPS) is 13.2. The molecule has 0 fully saturated rings. The molecule has 0 aliphatic heterocycles. The number of allylic oxidation sites excluding steroid dienone is 12. The molecule has 0 amide bonds. The predicted molar refractivity (Wildman–Crippen MR) is 216 cm³/mol. The van der Waals surface area contributed by atoms with Crippen LogP contribution < -0.4 is 0 Å². The fourth-order valence-electron chi connectivity index (χ4n) is 5.16. The van der Waals surface area contributed by atoms with E-state index in [-0.39, 0.29) is 19.4 Å². The van der Waals surface area contributed by atoms with Crippen LogP contribution in [0.2, 0.25) is 0 Å². The van der Waals surface area contributed by atoms with Gasteiger partial charge in [0.1, 0.15) is 6.61 Å². The Hall–Kier alpha value is -2.51. The lowest BCUT2D eigenvalue weighted by Gasteiger charge is -2.18. The summed E-state index contributed by atoms with van der Waals surface area (Å²) in [5, 5.41) is 0. The highest BCUT2D eigenvalue weighted by Gasteiger charge is 2.22. The monoisotopic (exact) mass is 749 g/mol. The summed E-state index contributed by atoms with van der Waals surface area (Å²) >= 11 is 0. The highest BCUT2D eigenvalue weighted by molar-refractivity contribution is 7.46. The van der Waals surface area contributed by atoms with Gasteiger partial charge in [-0.2, -0.15) is 0 Å². The first-order valence-corrected chi connectivity index (χ1v) is 21.8. The van der Waals surface area contributed by atoms with Crippen LogP contribution in [0.15, 0.2) is 72.9 Å². The van der Waals surface area contributed by atoms with Gasteiger partial charge in [-0.05, 0) is 83.5 Å². The number of ether oxygens (including phenoxy) is 2. The van der Waals surface area contributed by atoms with Crippen molar-refractivity contribution in [2.75, 3.05) is 13.2 Å². The van der Waals surface area contributed by atoms with E-state index < -0.39 is 32.5 Å². The molecule has 0 rings (SSSR count). The summed E-state index contributed by atoms with van der Waals surface area (Å²) in [7, 11) is -4.77. The molecule has 1 atom stereocenters. The van der Waals surface area contributed by atoms with Crippen molar-refractivity contribution in [1.82, 2.24) is 0 Å². The Balaban J connectivity index is 4.06. The summed E-state index contributed by atoms with van der Waals surface area (Å²) in [4.78, 5) is 42.8. The predicted octanol–water partition coefficient (Wildman–Crippen LogP) is 12.3. The molecule has 8 nitrogen and oxygen atoms in total. The molecule has 0 radical (unpaired) electrons. The average molecular weight is 749 g/mol. The van der Waals surface area contributed by atoms with E-state index in [4.69, 9.17) is 19.3 Å². The van der Waals surface area contributed by atoms with Crippen molar-refractivity contribution in [3.63, 3.8) is 0 Å². The number of carbonyl (C=O) groups excluding carboxylic acids is 2.